The number of benzene rings is 1. The van der Waals surface area contributed by atoms with Gasteiger partial charge in [-0.1, -0.05) is 17.7 Å². The molecular weight excluding hydrogens is 266 g/mol. The van der Waals surface area contributed by atoms with E-state index < -0.39 is 0 Å². The van der Waals surface area contributed by atoms with Crippen molar-refractivity contribution in [3.63, 3.8) is 0 Å². The highest BCUT2D eigenvalue weighted by atomic mass is 16.5. The Morgan fingerprint density at radius 3 is 2.62 bits per heavy atom. The largest absolute Gasteiger partial charge is 0.482 e. The van der Waals surface area contributed by atoms with Crippen LogP contribution in [0.15, 0.2) is 42.6 Å². The molecule has 1 heterocycles. The smallest absolute Gasteiger partial charge is 0.262 e. The predicted octanol–water partition coefficient (Wildman–Crippen LogP) is 1.91. The molecule has 21 heavy (non-hydrogen) atoms. The number of aromatic nitrogens is 1. The number of anilines is 1. The molecule has 0 fully saturated rings. The standard InChI is InChI=1S/C16H19N3O2/c1-12-2-4-14(5-3-12)19-16(20)11-21-15-7-6-13(8-9-17)18-10-15/h2-7,10H,8-9,11,17H2,1H3,(H,19,20). The molecule has 110 valence electrons. The van der Waals surface area contributed by atoms with Crippen LogP contribution in [0.3, 0.4) is 0 Å². The lowest BCUT2D eigenvalue weighted by Crippen LogP contribution is -2.20. The van der Waals surface area contributed by atoms with Gasteiger partial charge in [-0.3, -0.25) is 9.78 Å². The Morgan fingerprint density at radius 1 is 1.24 bits per heavy atom. The maximum absolute atomic E-state index is 11.8. The van der Waals surface area contributed by atoms with E-state index in [0.29, 0.717) is 12.3 Å². The molecule has 0 saturated heterocycles. The average Bonchev–Trinajstić information content (AvgIpc) is 2.49. The molecular formula is C16H19N3O2. The minimum absolute atomic E-state index is 0.0498. The number of carbonyl (C=O) groups excluding carboxylic acids is 1. The number of pyridine rings is 1. The van der Waals surface area contributed by atoms with E-state index >= 15 is 0 Å². The van der Waals surface area contributed by atoms with E-state index in [1.165, 1.54) is 0 Å². The SMILES string of the molecule is Cc1ccc(NC(=O)COc2ccc(CCN)nc2)cc1. The second-order valence-electron chi connectivity index (χ2n) is 4.73. The summed E-state index contributed by atoms with van der Waals surface area (Å²) in [5, 5.41) is 2.77. The summed E-state index contributed by atoms with van der Waals surface area (Å²) in [6.45, 7) is 2.51. The Bertz CT molecular complexity index is 579. The van der Waals surface area contributed by atoms with E-state index in [1.807, 2.05) is 37.3 Å². The van der Waals surface area contributed by atoms with Gasteiger partial charge in [-0.15, -0.1) is 0 Å². The molecule has 2 rings (SSSR count). The van der Waals surface area contributed by atoms with E-state index in [4.69, 9.17) is 10.5 Å². The van der Waals surface area contributed by atoms with Crippen molar-refractivity contribution in [3.05, 3.63) is 53.9 Å². The van der Waals surface area contributed by atoms with Crippen LogP contribution in [-0.4, -0.2) is 24.0 Å². The molecule has 2 aromatic rings. The zero-order chi connectivity index (χ0) is 15.1. The summed E-state index contributed by atoms with van der Waals surface area (Å²) in [6, 6.07) is 11.2. The van der Waals surface area contributed by atoms with Gasteiger partial charge in [-0.05, 0) is 37.7 Å². The number of aryl methyl sites for hydroxylation is 1. The van der Waals surface area contributed by atoms with Gasteiger partial charge >= 0.3 is 0 Å². The van der Waals surface area contributed by atoms with E-state index in [-0.39, 0.29) is 12.5 Å². The monoisotopic (exact) mass is 285 g/mol. The molecule has 0 aliphatic carbocycles. The second kappa shape index (κ2) is 7.40. The van der Waals surface area contributed by atoms with Crippen LogP contribution in [-0.2, 0) is 11.2 Å². The molecule has 0 aliphatic heterocycles. The minimum Gasteiger partial charge on any atom is -0.482 e. The lowest BCUT2D eigenvalue weighted by molar-refractivity contribution is -0.118. The van der Waals surface area contributed by atoms with Crippen molar-refractivity contribution >= 4 is 11.6 Å². The number of hydrogen-bond acceptors (Lipinski definition) is 4. The van der Waals surface area contributed by atoms with Crippen LogP contribution < -0.4 is 15.8 Å². The first-order valence-corrected chi connectivity index (χ1v) is 6.81. The first-order chi connectivity index (χ1) is 10.2. The van der Waals surface area contributed by atoms with Crippen molar-refractivity contribution in [3.8, 4) is 5.75 Å². The normalized spacial score (nSPS) is 10.2. The highest BCUT2D eigenvalue weighted by Crippen LogP contribution is 2.11. The van der Waals surface area contributed by atoms with Gasteiger partial charge in [0.1, 0.15) is 5.75 Å². The molecule has 0 radical (unpaired) electrons. The van der Waals surface area contributed by atoms with Crippen LogP contribution in [0.2, 0.25) is 0 Å². The average molecular weight is 285 g/mol. The van der Waals surface area contributed by atoms with E-state index in [0.717, 1.165) is 23.4 Å². The third kappa shape index (κ3) is 4.89. The number of hydrogen-bond donors (Lipinski definition) is 2. The number of nitrogens with two attached hydrogens (primary N) is 1. The van der Waals surface area contributed by atoms with Crippen molar-refractivity contribution in [2.75, 3.05) is 18.5 Å². The number of amides is 1. The summed E-state index contributed by atoms with van der Waals surface area (Å²) in [5.41, 5.74) is 8.27. The lowest BCUT2D eigenvalue weighted by Gasteiger charge is -2.08. The molecule has 5 nitrogen and oxygen atoms in total. The molecule has 1 amide bonds. The molecule has 5 heteroatoms. The molecule has 0 atom stereocenters. The third-order valence-corrected chi connectivity index (χ3v) is 2.90. The molecule has 1 aromatic heterocycles. The molecule has 0 unspecified atom stereocenters. The fourth-order valence-corrected chi connectivity index (χ4v) is 1.77. The fourth-order valence-electron chi connectivity index (χ4n) is 1.77. The van der Waals surface area contributed by atoms with Crippen molar-refractivity contribution in [2.24, 2.45) is 5.73 Å². The van der Waals surface area contributed by atoms with Crippen LogP contribution in [0.1, 0.15) is 11.3 Å². The van der Waals surface area contributed by atoms with Crippen LogP contribution in [0.25, 0.3) is 0 Å². The Balaban J connectivity index is 1.81. The maximum Gasteiger partial charge on any atom is 0.262 e. The Hall–Kier alpha value is -2.40. The molecule has 0 spiro atoms. The summed E-state index contributed by atoms with van der Waals surface area (Å²) in [5.74, 6) is 0.361. The number of rotatable bonds is 6. The van der Waals surface area contributed by atoms with Gasteiger partial charge < -0.3 is 15.8 Å². The van der Waals surface area contributed by atoms with Crippen molar-refractivity contribution in [1.82, 2.24) is 4.98 Å². The summed E-state index contributed by atoms with van der Waals surface area (Å²) < 4.78 is 5.39. The zero-order valence-electron chi connectivity index (χ0n) is 12.0. The maximum atomic E-state index is 11.8. The van der Waals surface area contributed by atoms with E-state index in [1.54, 1.807) is 12.3 Å². The fraction of sp³-hybridized carbons (Fsp3) is 0.250. The van der Waals surface area contributed by atoms with Crippen molar-refractivity contribution < 1.29 is 9.53 Å². The van der Waals surface area contributed by atoms with Gasteiger partial charge in [0.25, 0.3) is 5.91 Å². The van der Waals surface area contributed by atoms with E-state index in [9.17, 15) is 4.79 Å². The van der Waals surface area contributed by atoms with E-state index in [2.05, 4.69) is 10.3 Å². The number of carbonyl (C=O) groups is 1. The third-order valence-electron chi connectivity index (χ3n) is 2.90. The van der Waals surface area contributed by atoms with Crippen LogP contribution in [0.5, 0.6) is 5.75 Å². The second-order valence-corrected chi connectivity index (χ2v) is 4.73. The first-order valence-electron chi connectivity index (χ1n) is 6.81. The predicted molar refractivity (Wildman–Crippen MR) is 82.3 cm³/mol. The first kappa shape index (κ1) is 15.0. The van der Waals surface area contributed by atoms with Crippen LogP contribution >= 0.6 is 0 Å². The van der Waals surface area contributed by atoms with Gasteiger partial charge in [0, 0.05) is 17.8 Å². The molecule has 1 aromatic carbocycles. The summed E-state index contributed by atoms with van der Waals surface area (Å²) in [7, 11) is 0. The number of ether oxygens (including phenoxy) is 1. The lowest BCUT2D eigenvalue weighted by atomic mass is 10.2. The van der Waals surface area contributed by atoms with Crippen LogP contribution in [0, 0.1) is 6.92 Å². The summed E-state index contributed by atoms with van der Waals surface area (Å²) >= 11 is 0. The number of nitrogens with one attached hydrogen (secondary N) is 1. The zero-order valence-corrected chi connectivity index (χ0v) is 12.0. The Morgan fingerprint density at radius 2 is 2.00 bits per heavy atom. The van der Waals surface area contributed by atoms with Gasteiger partial charge in [0.15, 0.2) is 6.61 Å². The Kier molecular flexibility index (Phi) is 5.29. The van der Waals surface area contributed by atoms with Crippen molar-refractivity contribution in [1.29, 1.82) is 0 Å². The highest BCUT2D eigenvalue weighted by molar-refractivity contribution is 5.91. The topological polar surface area (TPSA) is 77.2 Å². The molecule has 0 saturated carbocycles. The van der Waals surface area contributed by atoms with Gasteiger partial charge in [0.05, 0.1) is 6.20 Å². The summed E-state index contributed by atoms with van der Waals surface area (Å²) in [4.78, 5) is 16.0. The molecule has 3 N–H and O–H groups in total. The highest BCUT2D eigenvalue weighted by Gasteiger charge is 2.04. The summed E-state index contributed by atoms with van der Waals surface area (Å²) in [6.07, 6.45) is 2.33. The van der Waals surface area contributed by atoms with Crippen molar-refractivity contribution in [2.45, 2.75) is 13.3 Å². The Labute approximate surface area is 124 Å². The molecule has 0 aliphatic rings. The quantitative estimate of drug-likeness (QED) is 0.850. The van der Waals surface area contributed by atoms with Gasteiger partial charge in [-0.25, -0.2) is 0 Å². The minimum atomic E-state index is -0.204. The van der Waals surface area contributed by atoms with Crippen LogP contribution in [0.4, 0.5) is 5.69 Å². The van der Waals surface area contributed by atoms with Gasteiger partial charge in [-0.2, -0.15) is 0 Å². The number of nitrogens with zero attached hydrogens (tertiary/aromatic N) is 1. The van der Waals surface area contributed by atoms with Gasteiger partial charge in [0.2, 0.25) is 0 Å². The molecule has 0 bridgehead atoms.